The summed E-state index contributed by atoms with van der Waals surface area (Å²) in [6.07, 6.45) is 4.46. The molecule has 2 aromatic heterocycles. The summed E-state index contributed by atoms with van der Waals surface area (Å²) in [6.45, 7) is 4.78. The second kappa shape index (κ2) is 5.07. The fourth-order valence-electron chi connectivity index (χ4n) is 2.85. The highest BCUT2D eigenvalue weighted by molar-refractivity contribution is 5.94. The third-order valence-electron chi connectivity index (χ3n) is 4.31. The number of rotatable bonds is 3. The Bertz CT molecular complexity index is 656. The lowest BCUT2D eigenvalue weighted by Crippen LogP contribution is -2.49. The van der Waals surface area contributed by atoms with Crippen LogP contribution in [0.25, 0.3) is 5.65 Å². The quantitative estimate of drug-likeness (QED) is 0.811. The molecule has 3 heterocycles. The Balaban J connectivity index is 1.42. The number of piperazine rings is 1. The van der Waals surface area contributed by atoms with Gasteiger partial charge >= 0.3 is 0 Å². The molecular weight excluding hydrogens is 268 g/mol. The van der Waals surface area contributed by atoms with Crippen LogP contribution in [0.3, 0.4) is 0 Å². The van der Waals surface area contributed by atoms with E-state index in [0.717, 1.165) is 32.1 Å². The maximum Gasteiger partial charge on any atom is 0.255 e. The van der Waals surface area contributed by atoms with Gasteiger partial charge in [-0.25, -0.2) is 0 Å². The van der Waals surface area contributed by atoms with E-state index in [4.69, 9.17) is 0 Å². The molecule has 0 unspecified atom stereocenters. The van der Waals surface area contributed by atoms with Gasteiger partial charge in [-0.15, -0.1) is 5.10 Å². The van der Waals surface area contributed by atoms with Gasteiger partial charge in [0.25, 0.3) is 5.91 Å². The SMILES string of the molecule is O=C(c1ccc2nnnn2c1)N1CCN(CC2CC2)CC1. The largest absolute Gasteiger partial charge is 0.336 e. The van der Waals surface area contributed by atoms with Gasteiger partial charge in [0, 0.05) is 38.9 Å². The number of pyridine rings is 1. The molecular formula is C14H18N6O. The number of nitrogens with zero attached hydrogens (tertiary/aromatic N) is 6. The van der Waals surface area contributed by atoms with Crippen LogP contribution in [0.5, 0.6) is 0 Å². The molecule has 110 valence electrons. The Morgan fingerprint density at radius 2 is 2.00 bits per heavy atom. The van der Waals surface area contributed by atoms with E-state index in [-0.39, 0.29) is 5.91 Å². The average Bonchev–Trinajstić information content (AvgIpc) is 3.21. The van der Waals surface area contributed by atoms with E-state index in [2.05, 4.69) is 20.4 Å². The highest BCUT2D eigenvalue weighted by atomic mass is 16.2. The van der Waals surface area contributed by atoms with Gasteiger partial charge in [-0.3, -0.25) is 9.69 Å². The summed E-state index contributed by atoms with van der Waals surface area (Å²) in [5.41, 5.74) is 1.30. The number of tetrazole rings is 1. The molecule has 1 amide bonds. The Morgan fingerprint density at radius 1 is 1.19 bits per heavy atom. The van der Waals surface area contributed by atoms with E-state index < -0.39 is 0 Å². The van der Waals surface area contributed by atoms with Crippen LogP contribution < -0.4 is 0 Å². The van der Waals surface area contributed by atoms with E-state index in [1.807, 2.05) is 4.90 Å². The van der Waals surface area contributed by atoms with E-state index in [1.54, 1.807) is 18.3 Å². The molecule has 21 heavy (non-hydrogen) atoms. The lowest BCUT2D eigenvalue weighted by atomic mass is 10.2. The number of hydrogen-bond acceptors (Lipinski definition) is 5. The topological polar surface area (TPSA) is 66.6 Å². The summed E-state index contributed by atoms with van der Waals surface area (Å²) >= 11 is 0. The molecule has 7 heteroatoms. The molecule has 0 radical (unpaired) electrons. The van der Waals surface area contributed by atoms with Gasteiger partial charge < -0.3 is 4.90 Å². The second-order valence-corrected chi connectivity index (χ2v) is 5.94. The molecule has 1 saturated heterocycles. The van der Waals surface area contributed by atoms with Crippen molar-refractivity contribution >= 4 is 11.6 Å². The van der Waals surface area contributed by atoms with Crippen LogP contribution in [0, 0.1) is 5.92 Å². The maximum absolute atomic E-state index is 12.5. The molecule has 7 nitrogen and oxygen atoms in total. The predicted octanol–water partition coefficient (Wildman–Crippen LogP) is 0.292. The highest BCUT2D eigenvalue weighted by Crippen LogP contribution is 2.29. The normalized spacial score (nSPS) is 20.1. The summed E-state index contributed by atoms with van der Waals surface area (Å²) in [5.74, 6) is 0.980. The molecule has 2 fully saturated rings. The van der Waals surface area contributed by atoms with E-state index in [1.165, 1.54) is 23.9 Å². The number of fused-ring (bicyclic) bond motifs is 1. The van der Waals surface area contributed by atoms with Crippen molar-refractivity contribution in [3.05, 3.63) is 23.9 Å². The first kappa shape index (κ1) is 12.7. The van der Waals surface area contributed by atoms with Crippen LogP contribution >= 0.6 is 0 Å². The number of hydrogen-bond donors (Lipinski definition) is 0. The number of aromatic nitrogens is 4. The molecule has 0 bridgehead atoms. The molecule has 1 aliphatic carbocycles. The molecule has 1 saturated carbocycles. The fraction of sp³-hybridized carbons (Fsp3) is 0.571. The van der Waals surface area contributed by atoms with Crippen molar-refractivity contribution < 1.29 is 4.79 Å². The zero-order valence-corrected chi connectivity index (χ0v) is 11.9. The zero-order chi connectivity index (χ0) is 14.2. The van der Waals surface area contributed by atoms with Crippen molar-refractivity contribution in [3.63, 3.8) is 0 Å². The number of carbonyl (C=O) groups is 1. The Labute approximate surface area is 122 Å². The molecule has 1 aliphatic heterocycles. The summed E-state index contributed by atoms with van der Waals surface area (Å²) < 4.78 is 1.54. The third kappa shape index (κ3) is 2.61. The van der Waals surface area contributed by atoms with Crippen molar-refractivity contribution in [2.45, 2.75) is 12.8 Å². The first-order chi connectivity index (χ1) is 10.3. The zero-order valence-electron chi connectivity index (χ0n) is 11.9. The van der Waals surface area contributed by atoms with Crippen LogP contribution in [-0.4, -0.2) is 68.5 Å². The van der Waals surface area contributed by atoms with E-state index in [0.29, 0.717) is 11.2 Å². The summed E-state index contributed by atoms with van der Waals surface area (Å²) in [6, 6.07) is 3.57. The van der Waals surface area contributed by atoms with Crippen LogP contribution in [0.1, 0.15) is 23.2 Å². The Morgan fingerprint density at radius 3 is 2.76 bits per heavy atom. The molecule has 2 aromatic rings. The van der Waals surface area contributed by atoms with Crippen molar-refractivity contribution in [3.8, 4) is 0 Å². The first-order valence-corrected chi connectivity index (χ1v) is 7.49. The summed E-state index contributed by atoms with van der Waals surface area (Å²) in [7, 11) is 0. The van der Waals surface area contributed by atoms with Crippen LogP contribution in [0.15, 0.2) is 18.3 Å². The van der Waals surface area contributed by atoms with Gasteiger partial charge in [0.1, 0.15) is 0 Å². The lowest BCUT2D eigenvalue weighted by Gasteiger charge is -2.34. The molecule has 0 aromatic carbocycles. The first-order valence-electron chi connectivity index (χ1n) is 7.49. The molecule has 0 spiro atoms. The predicted molar refractivity (Wildman–Crippen MR) is 75.8 cm³/mol. The minimum atomic E-state index is 0.0680. The molecule has 0 atom stereocenters. The van der Waals surface area contributed by atoms with E-state index in [9.17, 15) is 4.79 Å². The number of amides is 1. The minimum absolute atomic E-state index is 0.0680. The number of carbonyl (C=O) groups excluding carboxylic acids is 1. The Hall–Kier alpha value is -2.02. The van der Waals surface area contributed by atoms with Gasteiger partial charge in [0.2, 0.25) is 0 Å². The van der Waals surface area contributed by atoms with Crippen molar-refractivity contribution in [2.24, 2.45) is 5.92 Å². The summed E-state index contributed by atoms with van der Waals surface area (Å²) in [4.78, 5) is 16.9. The van der Waals surface area contributed by atoms with Crippen LogP contribution in [0.2, 0.25) is 0 Å². The second-order valence-electron chi connectivity index (χ2n) is 5.94. The van der Waals surface area contributed by atoms with Gasteiger partial charge in [-0.2, -0.15) is 4.52 Å². The molecule has 0 N–H and O–H groups in total. The van der Waals surface area contributed by atoms with Crippen molar-refractivity contribution in [2.75, 3.05) is 32.7 Å². The van der Waals surface area contributed by atoms with Crippen molar-refractivity contribution in [1.82, 2.24) is 29.8 Å². The van der Waals surface area contributed by atoms with Crippen LogP contribution in [0.4, 0.5) is 0 Å². The fourth-order valence-corrected chi connectivity index (χ4v) is 2.85. The average molecular weight is 286 g/mol. The third-order valence-corrected chi connectivity index (χ3v) is 4.31. The lowest BCUT2D eigenvalue weighted by molar-refractivity contribution is 0.0631. The highest BCUT2D eigenvalue weighted by Gasteiger charge is 2.28. The summed E-state index contributed by atoms with van der Waals surface area (Å²) in [5, 5.41) is 11.3. The maximum atomic E-state index is 12.5. The van der Waals surface area contributed by atoms with Crippen LogP contribution in [-0.2, 0) is 0 Å². The molecule has 2 aliphatic rings. The monoisotopic (exact) mass is 286 g/mol. The minimum Gasteiger partial charge on any atom is -0.336 e. The molecule has 4 rings (SSSR count). The van der Waals surface area contributed by atoms with Gasteiger partial charge in [0.15, 0.2) is 5.65 Å². The van der Waals surface area contributed by atoms with Crippen molar-refractivity contribution in [1.29, 1.82) is 0 Å². The Kier molecular flexibility index (Phi) is 3.07. The van der Waals surface area contributed by atoms with Gasteiger partial charge in [0.05, 0.1) is 5.56 Å². The standard InChI is InChI=1S/C14H18N6O/c21-14(12-3-4-13-15-16-17-20(13)10-12)19-7-5-18(6-8-19)9-11-1-2-11/h3-4,10-11H,1-2,5-9H2. The van der Waals surface area contributed by atoms with Gasteiger partial charge in [-0.05, 0) is 41.3 Å². The van der Waals surface area contributed by atoms with Gasteiger partial charge in [-0.1, -0.05) is 0 Å². The van der Waals surface area contributed by atoms with E-state index >= 15 is 0 Å². The smallest absolute Gasteiger partial charge is 0.255 e.